The maximum atomic E-state index is 11.9. The summed E-state index contributed by atoms with van der Waals surface area (Å²) in [4.78, 5) is 0.138. The molecule has 0 saturated heterocycles. The molecule has 0 aliphatic heterocycles. The van der Waals surface area contributed by atoms with E-state index in [0.29, 0.717) is 10.7 Å². The number of anilines is 2. The number of benzene rings is 1. The van der Waals surface area contributed by atoms with Crippen LogP contribution < -0.4 is 10.5 Å². The molecule has 0 spiro atoms. The van der Waals surface area contributed by atoms with Gasteiger partial charge in [-0.05, 0) is 31.2 Å². The second-order valence-corrected chi connectivity index (χ2v) is 6.16. The van der Waals surface area contributed by atoms with Crippen LogP contribution in [0.3, 0.4) is 0 Å². The van der Waals surface area contributed by atoms with Crippen LogP contribution in [0.1, 0.15) is 5.01 Å². The first-order chi connectivity index (χ1) is 8.97. The van der Waals surface area contributed by atoms with E-state index in [-0.39, 0.29) is 10.0 Å². The SMILES string of the molecule is CO.Cc1nnc(NS(=O)(=O)c2ccc(N)cc2)s1. The minimum atomic E-state index is -3.61. The van der Waals surface area contributed by atoms with Gasteiger partial charge in [0.2, 0.25) is 5.13 Å². The molecule has 0 aliphatic carbocycles. The van der Waals surface area contributed by atoms with E-state index in [9.17, 15) is 8.42 Å². The molecule has 7 nitrogen and oxygen atoms in total. The Labute approximate surface area is 115 Å². The fraction of sp³-hybridized carbons (Fsp3) is 0.200. The van der Waals surface area contributed by atoms with Gasteiger partial charge in [0, 0.05) is 12.8 Å². The van der Waals surface area contributed by atoms with Crippen LogP contribution in [0, 0.1) is 6.92 Å². The molecule has 19 heavy (non-hydrogen) atoms. The van der Waals surface area contributed by atoms with Crippen molar-refractivity contribution in [2.24, 2.45) is 0 Å². The number of sulfonamides is 1. The van der Waals surface area contributed by atoms with Crippen LogP contribution in [0.5, 0.6) is 0 Å². The molecular weight excluding hydrogens is 288 g/mol. The number of aryl methyl sites for hydroxylation is 1. The maximum absolute atomic E-state index is 11.9. The van der Waals surface area contributed by atoms with Gasteiger partial charge in [0.25, 0.3) is 10.0 Å². The molecule has 0 unspecified atom stereocenters. The molecule has 0 radical (unpaired) electrons. The van der Waals surface area contributed by atoms with E-state index in [1.165, 1.54) is 35.6 Å². The smallest absolute Gasteiger partial charge is 0.263 e. The predicted molar refractivity (Wildman–Crippen MR) is 74.5 cm³/mol. The Morgan fingerprint density at radius 3 is 2.26 bits per heavy atom. The van der Waals surface area contributed by atoms with Gasteiger partial charge in [-0.1, -0.05) is 11.3 Å². The topological polar surface area (TPSA) is 118 Å². The first-order valence-electron chi connectivity index (χ1n) is 5.10. The van der Waals surface area contributed by atoms with Crippen LogP contribution in [-0.4, -0.2) is 30.8 Å². The van der Waals surface area contributed by atoms with Crippen LogP contribution in [0.4, 0.5) is 10.8 Å². The van der Waals surface area contributed by atoms with Crippen LogP contribution in [0.2, 0.25) is 0 Å². The van der Waals surface area contributed by atoms with Crippen molar-refractivity contribution in [1.82, 2.24) is 10.2 Å². The fourth-order valence-electron chi connectivity index (χ4n) is 1.16. The van der Waals surface area contributed by atoms with Crippen molar-refractivity contribution in [3.05, 3.63) is 29.3 Å². The molecule has 0 amide bonds. The number of nitrogens with one attached hydrogen (secondary N) is 1. The lowest BCUT2D eigenvalue weighted by Crippen LogP contribution is -2.12. The van der Waals surface area contributed by atoms with Gasteiger partial charge >= 0.3 is 0 Å². The zero-order chi connectivity index (χ0) is 14.5. The number of aliphatic hydroxyl groups excluding tert-OH is 1. The Bertz CT molecular complexity index is 622. The molecule has 0 saturated carbocycles. The van der Waals surface area contributed by atoms with E-state index in [1.54, 1.807) is 6.92 Å². The van der Waals surface area contributed by atoms with E-state index < -0.39 is 10.0 Å². The lowest BCUT2D eigenvalue weighted by Gasteiger charge is -2.04. The molecule has 0 bridgehead atoms. The van der Waals surface area contributed by atoms with Gasteiger partial charge in [-0.25, -0.2) is 8.42 Å². The highest BCUT2D eigenvalue weighted by molar-refractivity contribution is 7.93. The van der Waals surface area contributed by atoms with Gasteiger partial charge in [0.05, 0.1) is 4.90 Å². The van der Waals surface area contributed by atoms with Gasteiger partial charge in [0.15, 0.2) is 0 Å². The van der Waals surface area contributed by atoms with E-state index in [0.717, 1.165) is 7.11 Å². The lowest BCUT2D eigenvalue weighted by atomic mass is 10.3. The molecular formula is C10H14N4O3S2. The van der Waals surface area contributed by atoms with Crippen molar-refractivity contribution in [2.75, 3.05) is 17.6 Å². The van der Waals surface area contributed by atoms with Crippen molar-refractivity contribution in [3.8, 4) is 0 Å². The minimum absolute atomic E-state index is 0.138. The fourth-order valence-corrected chi connectivity index (χ4v) is 2.98. The van der Waals surface area contributed by atoms with Gasteiger partial charge in [0.1, 0.15) is 5.01 Å². The van der Waals surface area contributed by atoms with E-state index in [4.69, 9.17) is 10.8 Å². The van der Waals surface area contributed by atoms with Crippen molar-refractivity contribution >= 4 is 32.2 Å². The molecule has 1 aromatic heterocycles. The molecule has 4 N–H and O–H groups in total. The second-order valence-electron chi connectivity index (χ2n) is 3.30. The summed E-state index contributed by atoms with van der Waals surface area (Å²) in [5.74, 6) is 0. The highest BCUT2D eigenvalue weighted by atomic mass is 32.2. The molecule has 104 valence electrons. The molecule has 1 aromatic carbocycles. The van der Waals surface area contributed by atoms with E-state index in [2.05, 4.69) is 14.9 Å². The van der Waals surface area contributed by atoms with Crippen molar-refractivity contribution in [2.45, 2.75) is 11.8 Å². The first kappa shape index (κ1) is 15.3. The van der Waals surface area contributed by atoms with E-state index >= 15 is 0 Å². The number of nitrogens with zero attached hydrogens (tertiary/aromatic N) is 2. The molecule has 1 heterocycles. The average molecular weight is 302 g/mol. The molecule has 2 rings (SSSR count). The van der Waals surface area contributed by atoms with Crippen LogP contribution in [0.15, 0.2) is 29.2 Å². The van der Waals surface area contributed by atoms with Crippen LogP contribution in [0.25, 0.3) is 0 Å². The summed E-state index contributed by atoms with van der Waals surface area (Å²) in [6.07, 6.45) is 0. The third kappa shape index (κ3) is 4.16. The predicted octanol–water partition coefficient (Wildman–Crippen LogP) is 0.838. The number of aliphatic hydroxyl groups is 1. The summed E-state index contributed by atoms with van der Waals surface area (Å²) < 4.78 is 26.2. The Morgan fingerprint density at radius 2 is 1.79 bits per heavy atom. The summed E-state index contributed by atoms with van der Waals surface area (Å²) in [5, 5.41) is 15.4. The van der Waals surface area contributed by atoms with E-state index in [1.807, 2.05) is 0 Å². The van der Waals surface area contributed by atoms with Gasteiger partial charge in [-0.2, -0.15) is 0 Å². The number of aromatic nitrogens is 2. The van der Waals surface area contributed by atoms with Gasteiger partial charge < -0.3 is 10.8 Å². The average Bonchev–Trinajstić information content (AvgIpc) is 2.77. The molecule has 0 atom stereocenters. The monoisotopic (exact) mass is 302 g/mol. The Hall–Kier alpha value is -1.71. The minimum Gasteiger partial charge on any atom is -0.400 e. The lowest BCUT2D eigenvalue weighted by molar-refractivity contribution is 0.399. The Kier molecular flexibility index (Phi) is 5.21. The quantitative estimate of drug-likeness (QED) is 0.723. The highest BCUT2D eigenvalue weighted by Gasteiger charge is 2.15. The molecule has 2 aromatic rings. The summed E-state index contributed by atoms with van der Waals surface area (Å²) in [5.41, 5.74) is 6.00. The Balaban J connectivity index is 0.000000861. The summed E-state index contributed by atoms with van der Waals surface area (Å²) in [6, 6.07) is 5.93. The largest absolute Gasteiger partial charge is 0.400 e. The number of hydrogen-bond donors (Lipinski definition) is 3. The summed E-state index contributed by atoms with van der Waals surface area (Å²) >= 11 is 1.18. The highest BCUT2D eigenvalue weighted by Crippen LogP contribution is 2.19. The number of nitrogen functional groups attached to an aromatic ring is 1. The normalized spacial score (nSPS) is 10.5. The zero-order valence-electron chi connectivity index (χ0n) is 10.4. The first-order valence-corrected chi connectivity index (χ1v) is 7.40. The van der Waals surface area contributed by atoms with Gasteiger partial charge in [-0.15, -0.1) is 10.2 Å². The zero-order valence-corrected chi connectivity index (χ0v) is 12.0. The second kappa shape index (κ2) is 6.45. The standard InChI is InChI=1S/C9H10N4O2S2.CH4O/c1-6-11-12-9(16-6)13-17(14,15)8-4-2-7(10)3-5-8;1-2/h2-5H,10H2,1H3,(H,12,13);2H,1H3. The molecule has 0 aliphatic rings. The third-order valence-corrected chi connectivity index (χ3v) is 4.18. The Morgan fingerprint density at radius 1 is 1.21 bits per heavy atom. The summed E-state index contributed by atoms with van der Waals surface area (Å²) in [7, 11) is -2.61. The van der Waals surface area contributed by atoms with Crippen molar-refractivity contribution < 1.29 is 13.5 Å². The van der Waals surface area contributed by atoms with Crippen LogP contribution in [-0.2, 0) is 10.0 Å². The van der Waals surface area contributed by atoms with Crippen molar-refractivity contribution in [3.63, 3.8) is 0 Å². The molecule has 0 fully saturated rings. The summed E-state index contributed by atoms with van der Waals surface area (Å²) in [6.45, 7) is 1.75. The van der Waals surface area contributed by atoms with Gasteiger partial charge in [-0.3, -0.25) is 4.72 Å². The third-order valence-electron chi connectivity index (χ3n) is 1.94. The number of rotatable bonds is 3. The number of hydrogen-bond acceptors (Lipinski definition) is 7. The molecule has 9 heteroatoms. The van der Waals surface area contributed by atoms with Crippen molar-refractivity contribution in [1.29, 1.82) is 0 Å². The maximum Gasteiger partial charge on any atom is 0.263 e. The number of nitrogens with two attached hydrogens (primary N) is 1. The van der Waals surface area contributed by atoms with Crippen LogP contribution >= 0.6 is 11.3 Å².